The minimum atomic E-state index is -0.298. The number of fused-ring (bicyclic) bond motifs is 2. The Kier molecular flexibility index (Phi) is 8.05. The largest absolute Gasteiger partial charge is 0.459 e. The highest BCUT2D eigenvalue weighted by molar-refractivity contribution is 6.14. The van der Waals surface area contributed by atoms with E-state index < -0.39 is 0 Å². The van der Waals surface area contributed by atoms with E-state index in [2.05, 4.69) is 78.2 Å². The number of carbonyl (C=O) groups is 2. The van der Waals surface area contributed by atoms with Gasteiger partial charge in [0.1, 0.15) is 12.2 Å². The molecule has 46 heavy (non-hydrogen) atoms. The average molecular weight is 621 g/mol. The summed E-state index contributed by atoms with van der Waals surface area (Å²) in [5, 5.41) is 10.9. The van der Waals surface area contributed by atoms with Crippen LogP contribution in [0.4, 0.5) is 0 Å². The molecule has 6 rings (SSSR count). The summed E-state index contributed by atoms with van der Waals surface area (Å²) in [6.07, 6.45) is 2.68. The molecule has 0 saturated carbocycles. The van der Waals surface area contributed by atoms with Crippen LogP contribution in [0, 0.1) is 0 Å². The Labute approximate surface area is 273 Å². The van der Waals surface area contributed by atoms with Gasteiger partial charge in [0, 0.05) is 47.8 Å². The quantitative estimate of drug-likeness (QED) is 0.218. The van der Waals surface area contributed by atoms with Gasteiger partial charge in [-0.2, -0.15) is 0 Å². The fourth-order valence-corrected chi connectivity index (χ4v) is 8.48. The first-order chi connectivity index (χ1) is 21.5. The van der Waals surface area contributed by atoms with Gasteiger partial charge in [-0.05, 0) is 100 Å². The third-order valence-corrected chi connectivity index (χ3v) is 9.43. The molecule has 0 spiro atoms. The van der Waals surface area contributed by atoms with Crippen molar-refractivity contribution >= 4 is 33.5 Å². The lowest BCUT2D eigenvalue weighted by Gasteiger charge is -2.46. The molecule has 242 valence electrons. The molecule has 2 saturated heterocycles. The van der Waals surface area contributed by atoms with Crippen molar-refractivity contribution in [3.8, 4) is 11.1 Å². The zero-order chi connectivity index (χ0) is 33.1. The van der Waals surface area contributed by atoms with Gasteiger partial charge in [0.15, 0.2) is 0 Å². The average Bonchev–Trinajstić information content (AvgIpc) is 2.92. The van der Waals surface area contributed by atoms with E-state index in [-0.39, 0.29) is 46.3 Å². The molecule has 0 amide bonds. The standard InChI is InChI=1S/C40H48N2O4/c1-37(2)21-25(22-38(3,4)41-37)45-35(43)33-19-17-31(27-13-9-11-15-29(27)33)32-18-20-34(30-16-12-10-14-28(30)32)36(44)46-26-23-39(5,6)42-40(7,8)24-26/h9-20,25-26,41-42H,21-24H2,1-8H3. The summed E-state index contributed by atoms with van der Waals surface area (Å²) in [5.74, 6) is -0.595. The van der Waals surface area contributed by atoms with Gasteiger partial charge in [-0.3, -0.25) is 0 Å². The highest BCUT2D eigenvalue weighted by atomic mass is 16.5. The molecule has 6 heteroatoms. The fraction of sp³-hybridized carbons (Fsp3) is 0.450. The summed E-state index contributed by atoms with van der Waals surface area (Å²) in [6.45, 7) is 17.2. The lowest BCUT2D eigenvalue weighted by atomic mass is 9.81. The molecule has 2 heterocycles. The molecule has 0 unspecified atom stereocenters. The van der Waals surface area contributed by atoms with E-state index in [0.29, 0.717) is 11.1 Å². The molecule has 0 aliphatic carbocycles. The zero-order valence-corrected chi connectivity index (χ0v) is 28.5. The fourth-order valence-electron chi connectivity index (χ4n) is 8.48. The van der Waals surface area contributed by atoms with E-state index >= 15 is 0 Å². The van der Waals surface area contributed by atoms with Crippen LogP contribution < -0.4 is 10.6 Å². The topological polar surface area (TPSA) is 76.7 Å². The molecule has 6 nitrogen and oxygen atoms in total. The summed E-state index contributed by atoms with van der Waals surface area (Å²) >= 11 is 0. The van der Waals surface area contributed by atoms with Crippen LogP contribution in [0.2, 0.25) is 0 Å². The Morgan fingerprint density at radius 3 is 1.13 bits per heavy atom. The van der Waals surface area contributed by atoms with Crippen LogP contribution in [0.3, 0.4) is 0 Å². The van der Waals surface area contributed by atoms with Crippen LogP contribution in [0.1, 0.15) is 102 Å². The Hall–Kier alpha value is -3.74. The first-order valence-corrected chi connectivity index (χ1v) is 16.6. The second kappa shape index (κ2) is 11.5. The molecule has 0 radical (unpaired) electrons. The number of benzene rings is 4. The number of rotatable bonds is 5. The van der Waals surface area contributed by atoms with Gasteiger partial charge in [-0.1, -0.05) is 60.7 Å². The molecule has 2 aliphatic heterocycles. The number of nitrogens with one attached hydrogen (secondary N) is 2. The number of carbonyl (C=O) groups excluding carboxylic acids is 2. The molecule has 4 aromatic carbocycles. The van der Waals surface area contributed by atoms with E-state index in [4.69, 9.17) is 9.47 Å². The summed E-state index contributed by atoms with van der Waals surface area (Å²) in [5.41, 5.74) is 2.61. The summed E-state index contributed by atoms with van der Waals surface area (Å²) in [7, 11) is 0. The van der Waals surface area contributed by atoms with E-state index in [1.54, 1.807) is 0 Å². The molecule has 0 atom stereocenters. The van der Waals surface area contributed by atoms with Gasteiger partial charge in [0.25, 0.3) is 0 Å². The molecule has 2 aliphatic rings. The molecule has 4 aromatic rings. The van der Waals surface area contributed by atoms with Crippen LogP contribution in [0.5, 0.6) is 0 Å². The van der Waals surface area contributed by atoms with Crippen LogP contribution in [0.15, 0.2) is 72.8 Å². The van der Waals surface area contributed by atoms with Crippen molar-refractivity contribution in [2.75, 3.05) is 0 Å². The smallest absolute Gasteiger partial charge is 0.339 e. The van der Waals surface area contributed by atoms with Crippen molar-refractivity contribution in [2.24, 2.45) is 0 Å². The molecule has 2 N–H and O–H groups in total. The van der Waals surface area contributed by atoms with Crippen molar-refractivity contribution in [3.63, 3.8) is 0 Å². The second-order valence-corrected chi connectivity index (χ2v) is 16.1. The maximum absolute atomic E-state index is 13.7. The van der Waals surface area contributed by atoms with Crippen molar-refractivity contribution in [2.45, 2.75) is 115 Å². The molecule has 0 aromatic heterocycles. The van der Waals surface area contributed by atoms with Crippen molar-refractivity contribution < 1.29 is 19.1 Å². The van der Waals surface area contributed by atoms with E-state index in [0.717, 1.165) is 58.4 Å². The molecule has 2 fully saturated rings. The number of ether oxygens (including phenoxy) is 2. The second-order valence-electron chi connectivity index (χ2n) is 16.1. The van der Waals surface area contributed by atoms with Crippen LogP contribution in [0.25, 0.3) is 32.7 Å². The van der Waals surface area contributed by atoms with Gasteiger partial charge in [0.2, 0.25) is 0 Å². The Morgan fingerprint density at radius 1 is 0.500 bits per heavy atom. The van der Waals surface area contributed by atoms with E-state index in [1.807, 2.05) is 60.7 Å². The first-order valence-electron chi connectivity index (χ1n) is 16.6. The highest BCUT2D eigenvalue weighted by Gasteiger charge is 2.41. The Balaban J connectivity index is 1.33. The normalized spacial score (nSPS) is 20.8. The van der Waals surface area contributed by atoms with Gasteiger partial charge in [-0.25, -0.2) is 9.59 Å². The lowest BCUT2D eigenvalue weighted by Crippen LogP contribution is -2.59. The predicted octanol–water partition coefficient (Wildman–Crippen LogP) is 8.59. The lowest BCUT2D eigenvalue weighted by molar-refractivity contribution is -0.00748. The molecule has 0 bridgehead atoms. The van der Waals surface area contributed by atoms with Crippen LogP contribution >= 0.6 is 0 Å². The summed E-state index contributed by atoms with van der Waals surface area (Å²) in [4.78, 5) is 27.3. The van der Waals surface area contributed by atoms with Crippen LogP contribution in [-0.2, 0) is 9.47 Å². The van der Waals surface area contributed by atoms with Crippen molar-refractivity contribution in [1.82, 2.24) is 10.6 Å². The highest BCUT2D eigenvalue weighted by Crippen LogP contribution is 2.38. The van der Waals surface area contributed by atoms with Gasteiger partial charge >= 0.3 is 11.9 Å². The van der Waals surface area contributed by atoms with Crippen molar-refractivity contribution in [3.05, 3.63) is 83.9 Å². The van der Waals surface area contributed by atoms with Gasteiger partial charge in [-0.15, -0.1) is 0 Å². The maximum atomic E-state index is 13.7. The summed E-state index contributed by atoms with van der Waals surface area (Å²) < 4.78 is 12.3. The number of esters is 2. The third-order valence-electron chi connectivity index (χ3n) is 9.43. The van der Waals surface area contributed by atoms with E-state index in [1.165, 1.54) is 0 Å². The summed E-state index contributed by atoms with van der Waals surface area (Å²) in [6, 6.07) is 23.8. The molecular formula is C40H48N2O4. The molecular weight excluding hydrogens is 572 g/mol. The number of hydrogen-bond donors (Lipinski definition) is 2. The van der Waals surface area contributed by atoms with Crippen molar-refractivity contribution in [1.29, 1.82) is 0 Å². The maximum Gasteiger partial charge on any atom is 0.339 e. The number of piperidine rings is 2. The van der Waals surface area contributed by atoms with Gasteiger partial charge in [0.05, 0.1) is 11.1 Å². The predicted molar refractivity (Wildman–Crippen MR) is 186 cm³/mol. The third kappa shape index (κ3) is 6.70. The minimum Gasteiger partial charge on any atom is -0.459 e. The van der Waals surface area contributed by atoms with Crippen LogP contribution in [-0.4, -0.2) is 46.3 Å². The van der Waals surface area contributed by atoms with E-state index in [9.17, 15) is 9.59 Å². The van der Waals surface area contributed by atoms with Gasteiger partial charge < -0.3 is 20.1 Å². The SMILES string of the molecule is CC1(C)CC(OC(=O)c2ccc(-c3ccc(C(=O)OC4CC(C)(C)NC(C)(C)C4)c4ccccc34)c3ccccc23)CC(C)(C)N1. The Morgan fingerprint density at radius 2 is 0.804 bits per heavy atom. The zero-order valence-electron chi connectivity index (χ0n) is 28.5. The Bertz CT molecular complexity index is 1650. The minimum absolute atomic E-state index is 0.126. The first kappa shape index (κ1) is 32.2. The monoisotopic (exact) mass is 620 g/mol. The number of hydrogen-bond acceptors (Lipinski definition) is 6.